The van der Waals surface area contributed by atoms with Crippen molar-refractivity contribution in [3.63, 3.8) is 0 Å². The van der Waals surface area contributed by atoms with Crippen molar-refractivity contribution in [2.75, 3.05) is 0 Å². The molecule has 1 heterocycles. The summed E-state index contributed by atoms with van der Waals surface area (Å²) in [6.45, 7) is 0. The molecule has 0 aliphatic heterocycles. The summed E-state index contributed by atoms with van der Waals surface area (Å²) in [6.07, 6.45) is 0. The summed E-state index contributed by atoms with van der Waals surface area (Å²) in [4.78, 5) is 3.09. The summed E-state index contributed by atoms with van der Waals surface area (Å²) in [5.74, 6) is -0.670. The summed E-state index contributed by atoms with van der Waals surface area (Å²) in [5, 5.41) is 0.492. The molecule has 0 bridgehead atoms. The summed E-state index contributed by atoms with van der Waals surface area (Å²) < 4.78 is 26.2. The van der Waals surface area contributed by atoms with E-state index < -0.39 is 0 Å². The van der Waals surface area contributed by atoms with Crippen LogP contribution in [0.5, 0.6) is 0 Å². The van der Waals surface area contributed by atoms with Gasteiger partial charge in [0.1, 0.15) is 11.6 Å². The number of nitrogens with one attached hydrogen (secondary N) is 1. The van der Waals surface area contributed by atoms with E-state index in [9.17, 15) is 8.78 Å². The van der Waals surface area contributed by atoms with Crippen LogP contribution in [0.15, 0.2) is 42.5 Å². The molecule has 1 aromatic heterocycles. The second-order valence-electron chi connectivity index (χ2n) is 3.81. The molecule has 0 aliphatic carbocycles. The first-order valence-electron chi connectivity index (χ1n) is 5.19. The van der Waals surface area contributed by atoms with Gasteiger partial charge in [0.05, 0.1) is 0 Å². The summed E-state index contributed by atoms with van der Waals surface area (Å²) in [5.41, 5.74) is 2.29. The Labute approximate surface area is 96.7 Å². The van der Waals surface area contributed by atoms with E-state index in [-0.39, 0.29) is 11.6 Å². The van der Waals surface area contributed by atoms with Crippen LogP contribution >= 0.6 is 0 Å². The molecule has 0 saturated carbocycles. The van der Waals surface area contributed by atoms with Crippen molar-refractivity contribution in [2.24, 2.45) is 0 Å². The number of aromatic amines is 1. The van der Waals surface area contributed by atoms with Crippen LogP contribution in [0.4, 0.5) is 8.78 Å². The van der Waals surface area contributed by atoms with Crippen LogP contribution < -0.4 is 0 Å². The van der Waals surface area contributed by atoms with Gasteiger partial charge in [0.2, 0.25) is 0 Å². The molecule has 0 fully saturated rings. The maximum absolute atomic E-state index is 13.4. The molecule has 3 heteroatoms. The van der Waals surface area contributed by atoms with Crippen LogP contribution in [0.3, 0.4) is 0 Å². The highest BCUT2D eigenvalue weighted by atomic mass is 19.1. The first kappa shape index (κ1) is 10.0. The van der Waals surface area contributed by atoms with E-state index in [1.54, 1.807) is 24.3 Å². The number of rotatable bonds is 1. The second-order valence-corrected chi connectivity index (χ2v) is 3.81. The summed E-state index contributed by atoms with van der Waals surface area (Å²) in [7, 11) is 0. The highest BCUT2D eigenvalue weighted by molar-refractivity contribution is 5.86. The van der Waals surface area contributed by atoms with Gasteiger partial charge in [-0.2, -0.15) is 0 Å². The molecule has 83 valence electrons. The van der Waals surface area contributed by atoms with Gasteiger partial charge in [0.25, 0.3) is 0 Å². The minimum absolute atomic E-state index is 0.288. The number of hydrogen-bond acceptors (Lipinski definition) is 0. The molecular weight excluding hydrogens is 220 g/mol. The molecule has 0 saturated heterocycles. The molecule has 1 N–H and O–H groups in total. The van der Waals surface area contributed by atoms with Gasteiger partial charge in [0, 0.05) is 22.7 Å². The molecule has 1 nitrogen and oxygen atoms in total. The number of halogens is 2. The van der Waals surface area contributed by atoms with Crippen molar-refractivity contribution in [3.8, 4) is 11.3 Å². The Kier molecular flexibility index (Phi) is 2.18. The van der Waals surface area contributed by atoms with Gasteiger partial charge in [-0.1, -0.05) is 0 Å². The average molecular weight is 228 g/mol. The molecule has 3 aromatic rings. The number of hydrogen-bond donors (Lipinski definition) is 1. The molecule has 0 spiro atoms. The first-order chi connectivity index (χ1) is 8.24. The maximum atomic E-state index is 13.4. The Bertz CT molecular complexity index is 668. The fourth-order valence-corrected chi connectivity index (χ4v) is 1.84. The topological polar surface area (TPSA) is 15.8 Å². The number of fused-ring (bicyclic) bond motifs is 1. The van der Waals surface area contributed by atoms with Crippen LogP contribution in [-0.4, -0.2) is 4.98 Å². The van der Waals surface area contributed by atoms with Crippen molar-refractivity contribution in [2.45, 2.75) is 0 Å². The summed E-state index contributed by atoms with van der Waals surface area (Å²) in [6, 6.07) is 13.6. The zero-order chi connectivity index (χ0) is 11.8. The van der Waals surface area contributed by atoms with Crippen molar-refractivity contribution in [3.05, 3.63) is 60.2 Å². The Morgan fingerprint density at radius 1 is 1.00 bits per heavy atom. The van der Waals surface area contributed by atoms with Gasteiger partial charge in [-0.15, -0.1) is 0 Å². The molecule has 0 aliphatic rings. The number of H-pyrrole nitrogens is 1. The van der Waals surface area contributed by atoms with Crippen molar-refractivity contribution < 1.29 is 8.78 Å². The zero-order valence-corrected chi connectivity index (χ0v) is 8.80. The van der Waals surface area contributed by atoms with Crippen LogP contribution in [0.2, 0.25) is 0 Å². The highest BCUT2D eigenvalue weighted by Gasteiger charge is 2.06. The third-order valence-electron chi connectivity index (χ3n) is 2.70. The van der Waals surface area contributed by atoms with E-state index in [4.69, 9.17) is 0 Å². The molecule has 1 radical (unpaired) electrons. The number of aromatic nitrogens is 1. The Morgan fingerprint density at radius 3 is 2.47 bits per heavy atom. The van der Waals surface area contributed by atoms with E-state index in [0.29, 0.717) is 10.9 Å². The van der Waals surface area contributed by atoms with E-state index >= 15 is 0 Å². The fraction of sp³-hybridized carbons (Fsp3) is 0. The highest BCUT2D eigenvalue weighted by Crippen LogP contribution is 2.25. The van der Waals surface area contributed by atoms with E-state index in [0.717, 1.165) is 11.3 Å². The van der Waals surface area contributed by atoms with Crippen molar-refractivity contribution in [1.29, 1.82) is 0 Å². The Balaban J connectivity index is 2.18. The second kappa shape index (κ2) is 3.70. The minimum atomic E-state index is -0.382. The molecular formula is C14H8F2N. The lowest BCUT2D eigenvalue weighted by atomic mass is 10.1. The normalized spacial score (nSPS) is 10.9. The van der Waals surface area contributed by atoms with Crippen LogP contribution in [0.25, 0.3) is 22.2 Å². The lowest BCUT2D eigenvalue weighted by molar-refractivity contribution is 0.628. The van der Waals surface area contributed by atoms with E-state index in [1.165, 1.54) is 18.2 Å². The third kappa shape index (κ3) is 1.69. The van der Waals surface area contributed by atoms with Gasteiger partial charge in [-0.05, 0) is 48.0 Å². The van der Waals surface area contributed by atoms with Gasteiger partial charge >= 0.3 is 0 Å². The summed E-state index contributed by atoms with van der Waals surface area (Å²) >= 11 is 0. The monoisotopic (exact) mass is 228 g/mol. The third-order valence-corrected chi connectivity index (χ3v) is 2.70. The van der Waals surface area contributed by atoms with Crippen LogP contribution in [0, 0.1) is 17.7 Å². The molecule has 0 unspecified atom stereocenters. The molecule has 2 aromatic carbocycles. The maximum Gasteiger partial charge on any atom is 0.140 e. The Morgan fingerprint density at radius 2 is 1.76 bits per heavy atom. The van der Waals surface area contributed by atoms with Crippen LogP contribution in [-0.2, 0) is 0 Å². The van der Waals surface area contributed by atoms with Gasteiger partial charge in [-0.25, -0.2) is 8.78 Å². The van der Waals surface area contributed by atoms with Gasteiger partial charge in [0.15, 0.2) is 0 Å². The van der Waals surface area contributed by atoms with E-state index in [2.05, 4.69) is 11.1 Å². The smallest absolute Gasteiger partial charge is 0.140 e. The lowest BCUT2D eigenvalue weighted by Gasteiger charge is -1.96. The fourth-order valence-electron chi connectivity index (χ4n) is 1.84. The molecule has 3 rings (SSSR count). The quantitative estimate of drug-likeness (QED) is 0.649. The van der Waals surface area contributed by atoms with Gasteiger partial charge in [-0.3, -0.25) is 0 Å². The predicted molar refractivity (Wildman–Crippen MR) is 62.5 cm³/mol. The first-order valence-corrected chi connectivity index (χ1v) is 5.19. The number of benzene rings is 2. The largest absolute Gasteiger partial charge is 0.354 e. The van der Waals surface area contributed by atoms with Crippen molar-refractivity contribution >= 4 is 10.9 Å². The molecule has 17 heavy (non-hydrogen) atoms. The Hall–Kier alpha value is -2.16. The van der Waals surface area contributed by atoms with Crippen LogP contribution in [0.1, 0.15) is 0 Å². The standard InChI is InChI=1S/C14H8F2N/c15-10-6-4-9(5-7-10)14-8-11-12(16)2-1-3-13(11)17-14/h1,3-8,17H. The SMILES string of the molecule is Fc1ccc(-c2cc3c(F)[c]ccc3[nH]2)cc1. The molecule has 0 amide bonds. The zero-order valence-electron chi connectivity index (χ0n) is 8.80. The molecule has 0 atom stereocenters. The lowest BCUT2D eigenvalue weighted by Crippen LogP contribution is -1.77. The van der Waals surface area contributed by atoms with E-state index in [1.807, 2.05) is 0 Å². The average Bonchev–Trinajstić information content (AvgIpc) is 2.75. The van der Waals surface area contributed by atoms with Gasteiger partial charge < -0.3 is 4.98 Å². The van der Waals surface area contributed by atoms with Crippen molar-refractivity contribution in [1.82, 2.24) is 4.98 Å². The minimum Gasteiger partial charge on any atom is -0.354 e. The predicted octanol–water partition coefficient (Wildman–Crippen LogP) is 3.91.